The number of thiophene rings is 1. The summed E-state index contributed by atoms with van der Waals surface area (Å²) < 4.78 is 0. The second-order valence-corrected chi connectivity index (χ2v) is 4.37. The molecule has 0 atom stereocenters. The van der Waals surface area contributed by atoms with Crippen LogP contribution < -0.4 is 0 Å². The van der Waals surface area contributed by atoms with Crippen molar-refractivity contribution in [2.75, 3.05) is 0 Å². The normalized spacial score (nSPS) is 10.8. The third kappa shape index (κ3) is 2.91. The Kier molecular flexibility index (Phi) is 3.67. The Bertz CT molecular complexity index is 469. The number of rotatable bonds is 4. The zero-order valence-electron chi connectivity index (χ0n) is 8.80. The lowest BCUT2D eigenvalue weighted by Gasteiger charge is -1.92. The number of carbonyl (C=O) groups is 1. The first-order chi connectivity index (χ1) is 7.86. The van der Waals surface area contributed by atoms with Gasteiger partial charge in [0, 0.05) is 6.42 Å². The molecule has 2 aromatic rings. The molecule has 1 aromatic heterocycles. The summed E-state index contributed by atoms with van der Waals surface area (Å²) in [4.78, 5) is 12.5. The molecule has 80 valence electrons. The minimum Gasteiger partial charge on any atom is -0.293 e. The Hall–Kier alpha value is -1.67. The van der Waals surface area contributed by atoms with E-state index in [1.807, 2.05) is 60.0 Å². The first-order valence-electron chi connectivity index (χ1n) is 5.14. The molecule has 0 aliphatic heterocycles. The second-order valence-electron chi connectivity index (χ2n) is 3.42. The van der Waals surface area contributed by atoms with E-state index in [1.165, 1.54) is 11.3 Å². The minimum absolute atomic E-state index is 0.183. The lowest BCUT2D eigenvalue weighted by molar-refractivity contribution is 0.1000. The average Bonchev–Trinajstić information content (AvgIpc) is 2.84. The standard InChI is InChI=1S/C14H12OS/c15-13(14-10-5-11-16-14)9-4-8-12-6-2-1-3-7-12/h1-8,10-11H,9H2/b8-4+. The SMILES string of the molecule is O=C(C/C=C/c1ccccc1)c1cccs1. The van der Waals surface area contributed by atoms with Crippen molar-refractivity contribution < 1.29 is 4.79 Å². The van der Waals surface area contributed by atoms with Crippen LogP contribution in [0.25, 0.3) is 6.08 Å². The Balaban J connectivity index is 1.93. The van der Waals surface area contributed by atoms with E-state index < -0.39 is 0 Å². The molecule has 16 heavy (non-hydrogen) atoms. The lowest BCUT2D eigenvalue weighted by atomic mass is 10.1. The highest BCUT2D eigenvalue weighted by atomic mass is 32.1. The van der Waals surface area contributed by atoms with Gasteiger partial charge in [0.1, 0.15) is 0 Å². The van der Waals surface area contributed by atoms with Gasteiger partial charge < -0.3 is 0 Å². The predicted octanol–water partition coefficient (Wildman–Crippen LogP) is 4.03. The summed E-state index contributed by atoms with van der Waals surface area (Å²) in [6, 6.07) is 13.8. The molecule has 1 aromatic carbocycles. The third-order valence-corrected chi connectivity index (χ3v) is 3.12. The predicted molar refractivity (Wildman–Crippen MR) is 68.7 cm³/mol. The van der Waals surface area contributed by atoms with Crippen molar-refractivity contribution in [2.24, 2.45) is 0 Å². The maximum Gasteiger partial charge on any atom is 0.176 e. The van der Waals surface area contributed by atoms with E-state index in [1.54, 1.807) is 0 Å². The molecule has 0 saturated heterocycles. The number of ketones is 1. The Morgan fingerprint density at radius 1 is 1.12 bits per heavy atom. The number of Topliss-reactive ketones (excluding diaryl/α,β-unsaturated/α-hetero) is 1. The van der Waals surface area contributed by atoms with Crippen LogP contribution >= 0.6 is 11.3 Å². The van der Waals surface area contributed by atoms with E-state index in [4.69, 9.17) is 0 Å². The fourth-order valence-electron chi connectivity index (χ4n) is 1.40. The summed E-state index contributed by atoms with van der Waals surface area (Å²) in [6.45, 7) is 0. The summed E-state index contributed by atoms with van der Waals surface area (Å²) in [5.41, 5.74) is 1.13. The van der Waals surface area contributed by atoms with Crippen LogP contribution in [0.3, 0.4) is 0 Å². The zero-order valence-corrected chi connectivity index (χ0v) is 9.61. The van der Waals surface area contributed by atoms with Gasteiger partial charge in [-0.05, 0) is 17.0 Å². The highest BCUT2D eigenvalue weighted by molar-refractivity contribution is 7.12. The van der Waals surface area contributed by atoms with Crippen molar-refractivity contribution in [3.8, 4) is 0 Å². The maximum atomic E-state index is 11.7. The number of benzene rings is 1. The van der Waals surface area contributed by atoms with Gasteiger partial charge in [0.15, 0.2) is 5.78 Å². The highest BCUT2D eigenvalue weighted by Gasteiger charge is 2.03. The van der Waals surface area contributed by atoms with Crippen LogP contribution in [0.15, 0.2) is 53.9 Å². The van der Waals surface area contributed by atoms with E-state index >= 15 is 0 Å². The molecule has 1 heterocycles. The molecule has 0 spiro atoms. The number of allylic oxidation sites excluding steroid dienone is 1. The maximum absolute atomic E-state index is 11.7. The van der Waals surface area contributed by atoms with Crippen molar-refractivity contribution in [1.29, 1.82) is 0 Å². The van der Waals surface area contributed by atoms with Crippen LogP contribution in [0.4, 0.5) is 0 Å². The number of hydrogen-bond donors (Lipinski definition) is 0. The summed E-state index contributed by atoms with van der Waals surface area (Å²) >= 11 is 1.49. The van der Waals surface area contributed by atoms with Gasteiger partial charge in [-0.25, -0.2) is 0 Å². The minimum atomic E-state index is 0.183. The van der Waals surface area contributed by atoms with Gasteiger partial charge in [-0.1, -0.05) is 48.6 Å². The first kappa shape index (κ1) is 10.8. The average molecular weight is 228 g/mol. The van der Waals surface area contributed by atoms with Crippen LogP contribution in [-0.4, -0.2) is 5.78 Å². The largest absolute Gasteiger partial charge is 0.293 e. The van der Waals surface area contributed by atoms with Crippen molar-refractivity contribution in [3.05, 3.63) is 64.4 Å². The highest BCUT2D eigenvalue weighted by Crippen LogP contribution is 2.12. The fourth-order valence-corrected chi connectivity index (χ4v) is 2.08. The Labute approximate surface area is 99.1 Å². The first-order valence-corrected chi connectivity index (χ1v) is 6.02. The Morgan fingerprint density at radius 3 is 2.62 bits per heavy atom. The van der Waals surface area contributed by atoms with Crippen LogP contribution in [0.1, 0.15) is 21.7 Å². The van der Waals surface area contributed by atoms with Crippen molar-refractivity contribution >= 4 is 23.2 Å². The topological polar surface area (TPSA) is 17.1 Å². The summed E-state index contributed by atoms with van der Waals surface area (Å²) in [7, 11) is 0. The number of carbonyl (C=O) groups excluding carboxylic acids is 1. The molecule has 0 saturated carbocycles. The van der Waals surface area contributed by atoms with E-state index in [-0.39, 0.29) is 5.78 Å². The number of hydrogen-bond acceptors (Lipinski definition) is 2. The molecule has 0 N–H and O–H groups in total. The molecule has 0 bridgehead atoms. The fraction of sp³-hybridized carbons (Fsp3) is 0.0714. The summed E-state index contributed by atoms with van der Waals surface area (Å²) in [5, 5.41) is 1.92. The molecular formula is C14H12OS. The molecular weight excluding hydrogens is 216 g/mol. The van der Waals surface area contributed by atoms with Crippen molar-refractivity contribution in [1.82, 2.24) is 0 Å². The van der Waals surface area contributed by atoms with E-state index in [0.29, 0.717) is 6.42 Å². The van der Waals surface area contributed by atoms with Gasteiger partial charge in [-0.3, -0.25) is 4.79 Å². The molecule has 0 unspecified atom stereocenters. The van der Waals surface area contributed by atoms with Gasteiger partial charge in [-0.15, -0.1) is 11.3 Å². The van der Waals surface area contributed by atoms with Gasteiger partial charge >= 0.3 is 0 Å². The van der Waals surface area contributed by atoms with Gasteiger partial charge in [0.05, 0.1) is 4.88 Å². The molecule has 0 aliphatic carbocycles. The summed E-state index contributed by atoms with van der Waals surface area (Å²) in [5.74, 6) is 0.183. The van der Waals surface area contributed by atoms with E-state index in [9.17, 15) is 4.79 Å². The smallest absolute Gasteiger partial charge is 0.176 e. The monoisotopic (exact) mass is 228 g/mol. The summed E-state index contributed by atoms with van der Waals surface area (Å²) in [6.07, 6.45) is 4.36. The quantitative estimate of drug-likeness (QED) is 0.722. The molecule has 2 heteroatoms. The molecule has 1 nitrogen and oxygen atoms in total. The van der Waals surface area contributed by atoms with Crippen LogP contribution in [0.2, 0.25) is 0 Å². The molecule has 0 amide bonds. The second kappa shape index (κ2) is 5.42. The molecule has 0 fully saturated rings. The van der Waals surface area contributed by atoms with E-state index in [2.05, 4.69) is 0 Å². The van der Waals surface area contributed by atoms with Gasteiger partial charge in [-0.2, -0.15) is 0 Å². The van der Waals surface area contributed by atoms with Gasteiger partial charge in [0.2, 0.25) is 0 Å². The zero-order chi connectivity index (χ0) is 11.2. The Morgan fingerprint density at radius 2 is 1.94 bits per heavy atom. The third-order valence-electron chi connectivity index (χ3n) is 2.21. The molecule has 0 radical (unpaired) electrons. The van der Waals surface area contributed by atoms with Crippen LogP contribution in [0, 0.1) is 0 Å². The van der Waals surface area contributed by atoms with Gasteiger partial charge in [0.25, 0.3) is 0 Å². The lowest BCUT2D eigenvalue weighted by Crippen LogP contribution is -1.92. The van der Waals surface area contributed by atoms with Crippen molar-refractivity contribution in [3.63, 3.8) is 0 Å². The van der Waals surface area contributed by atoms with Crippen LogP contribution in [-0.2, 0) is 0 Å². The van der Waals surface area contributed by atoms with Crippen LogP contribution in [0.5, 0.6) is 0 Å². The van der Waals surface area contributed by atoms with E-state index in [0.717, 1.165) is 10.4 Å². The molecule has 0 aliphatic rings. The molecule has 2 rings (SSSR count). The van der Waals surface area contributed by atoms with Crippen molar-refractivity contribution in [2.45, 2.75) is 6.42 Å².